The molecule has 0 saturated carbocycles. The van der Waals surface area contributed by atoms with Gasteiger partial charge in [0.05, 0.1) is 10.6 Å². The molecule has 2 unspecified atom stereocenters. The molecule has 1 N–H and O–H groups in total. The van der Waals surface area contributed by atoms with Gasteiger partial charge in [0.1, 0.15) is 17.9 Å². The highest BCUT2D eigenvalue weighted by Gasteiger charge is 2.44. The summed E-state index contributed by atoms with van der Waals surface area (Å²) in [6.45, 7) is 2.16. The molecule has 3 aliphatic rings. The van der Waals surface area contributed by atoms with E-state index >= 15 is 0 Å². The summed E-state index contributed by atoms with van der Waals surface area (Å²) in [6.07, 6.45) is 5.66. The van der Waals surface area contributed by atoms with E-state index in [1.807, 2.05) is 12.1 Å². The van der Waals surface area contributed by atoms with Crippen molar-refractivity contribution in [1.29, 1.82) is 5.26 Å². The highest BCUT2D eigenvalue weighted by molar-refractivity contribution is 6.31. The topological polar surface area (TPSA) is 76.8 Å². The second-order valence-corrected chi connectivity index (χ2v) is 10.1. The molecule has 3 saturated heterocycles. The van der Waals surface area contributed by atoms with Crippen LogP contribution in [-0.4, -0.2) is 53.8 Å². The van der Waals surface area contributed by atoms with Gasteiger partial charge in [-0.25, -0.2) is 0 Å². The van der Waals surface area contributed by atoms with Crippen LogP contribution in [0.1, 0.15) is 54.4 Å². The summed E-state index contributed by atoms with van der Waals surface area (Å²) >= 11 is 6.15. The maximum absolute atomic E-state index is 13.4. The Kier molecular flexibility index (Phi) is 6.67. The zero-order chi connectivity index (χ0) is 23.7. The number of carbonyl (C=O) groups excluding carboxylic acids is 1. The van der Waals surface area contributed by atoms with Crippen LogP contribution in [-0.2, 0) is 0 Å². The van der Waals surface area contributed by atoms with Crippen LogP contribution >= 0.6 is 11.6 Å². The molecule has 0 aliphatic carbocycles. The Morgan fingerprint density at radius 3 is 2.32 bits per heavy atom. The minimum atomic E-state index is 0.0368. The number of fused-ring (bicyclic) bond motifs is 2. The summed E-state index contributed by atoms with van der Waals surface area (Å²) in [5, 5.41) is 18.8. The quantitative estimate of drug-likeness (QED) is 0.676. The third-order valence-electron chi connectivity index (χ3n) is 7.64. The van der Waals surface area contributed by atoms with E-state index in [4.69, 9.17) is 21.6 Å². The lowest BCUT2D eigenvalue weighted by atomic mass is 9.97. The number of ether oxygens (including phenoxy) is 1. The third-order valence-corrected chi connectivity index (χ3v) is 7.95. The maximum Gasteiger partial charge on any atom is 0.254 e. The van der Waals surface area contributed by atoms with E-state index in [1.165, 1.54) is 0 Å². The molecule has 3 aliphatic heterocycles. The number of amides is 1. The van der Waals surface area contributed by atoms with E-state index in [9.17, 15) is 9.90 Å². The first-order valence-corrected chi connectivity index (χ1v) is 12.6. The summed E-state index contributed by atoms with van der Waals surface area (Å²) in [6, 6.07) is 15.6. The van der Waals surface area contributed by atoms with Gasteiger partial charge in [-0.05, 0) is 68.0 Å². The normalized spacial score (nSPS) is 24.7. The zero-order valence-electron chi connectivity index (χ0n) is 19.2. The smallest absolute Gasteiger partial charge is 0.254 e. The monoisotopic (exact) mass is 479 g/mol. The highest BCUT2D eigenvalue weighted by Crippen LogP contribution is 2.39. The van der Waals surface area contributed by atoms with Crippen molar-refractivity contribution in [2.75, 3.05) is 24.6 Å². The summed E-state index contributed by atoms with van der Waals surface area (Å²) in [7, 11) is 0. The summed E-state index contributed by atoms with van der Waals surface area (Å²) in [4.78, 5) is 17.8. The van der Waals surface area contributed by atoms with Crippen molar-refractivity contribution in [3.05, 3.63) is 58.6 Å². The molecule has 3 fully saturated rings. The van der Waals surface area contributed by atoms with Crippen molar-refractivity contribution in [3.63, 3.8) is 0 Å². The molecular formula is C27H30ClN3O3. The van der Waals surface area contributed by atoms with Crippen molar-refractivity contribution in [3.8, 4) is 11.8 Å². The van der Waals surface area contributed by atoms with Gasteiger partial charge in [-0.3, -0.25) is 4.79 Å². The number of carbonyl (C=O) groups is 1. The molecule has 2 aromatic rings. The Bertz CT molecular complexity index is 1060. The molecule has 7 heteroatoms. The average molecular weight is 480 g/mol. The lowest BCUT2D eigenvalue weighted by Gasteiger charge is -2.39. The Morgan fingerprint density at radius 2 is 1.74 bits per heavy atom. The van der Waals surface area contributed by atoms with Gasteiger partial charge >= 0.3 is 0 Å². The minimum Gasteiger partial charge on any atom is -0.490 e. The van der Waals surface area contributed by atoms with Crippen LogP contribution in [0.3, 0.4) is 0 Å². The number of benzene rings is 2. The Labute approximate surface area is 205 Å². The molecule has 0 spiro atoms. The maximum atomic E-state index is 13.4. The first kappa shape index (κ1) is 23.0. The molecule has 1 amide bonds. The fraction of sp³-hybridized carbons (Fsp3) is 0.481. The van der Waals surface area contributed by atoms with E-state index < -0.39 is 0 Å². The molecule has 2 aromatic carbocycles. The number of nitriles is 1. The second kappa shape index (κ2) is 9.85. The molecule has 0 aromatic heterocycles. The van der Waals surface area contributed by atoms with Crippen molar-refractivity contribution >= 4 is 23.2 Å². The standard InChI is InChI=1S/C27H30ClN3O3/c28-26-15-24(8-3-20(26)16-29)34-25-13-22-6-7-23(14-25)31(22)27(33)19-1-4-21(5-2-19)30-11-9-18(17-32)10-12-30/h1-5,8,15,18,22-23,25,32H,6-7,9-14,17H2. The largest absolute Gasteiger partial charge is 0.490 e. The number of rotatable bonds is 5. The first-order chi connectivity index (χ1) is 16.6. The number of hydrogen-bond acceptors (Lipinski definition) is 5. The highest BCUT2D eigenvalue weighted by atomic mass is 35.5. The number of aliphatic hydroxyl groups is 1. The molecular weight excluding hydrogens is 450 g/mol. The van der Waals surface area contributed by atoms with Gasteiger partial charge in [0, 0.05) is 61.9 Å². The van der Waals surface area contributed by atoms with E-state index in [0.717, 1.165) is 62.9 Å². The number of hydrogen-bond donors (Lipinski definition) is 1. The van der Waals surface area contributed by atoms with Gasteiger partial charge in [0.25, 0.3) is 5.91 Å². The Morgan fingerprint density at radius 1 is 1.06 bits per heavy atom. The van der Waals surface area contributed by atoms with Gasteiger partial charge < -0.3 is 19.6 Å². The second-order valence-electron chi connectivity index (χ2n) is 9.72. The van der Waals surface area contributed by atoms with Gasteiger partial charge in [-0.2, -0.15) is 5.26 Å². The van der Waals surface area contributed by atoms with Crippen molar-refractivity contribution in [2.24, 2.45) is 5.92 Å². The van der Waals surface area contributed by atoms with Crippen LogP contribution in [0.2, 0.25) is 5.02 Å². The van der Waals surface area contributed by atoms with Crippen molar-refractivity contribution < 1.29 is 14.6 Å². The minimum absolute atomic E-state index is 0.0368. The SMILES string of the molecule is N#Cc1ccc(OC2CC3CCC(C2)N3C(=O)c2ccc(N3CCC(CO)CC3)cc2)cc1Cl. The van der Waals surface area contributed by atoms with Gasteiger partial charge in [0.15, 0.2) is 0 Å². The Balaban J connectivity index is 1.21. The number of anilines is 1. The number of halogens is 1. The summed E-state index contributed by atoms with van der Waals surface area (Å²) in [5.41, 5.74) is 2.32. The third kappa shape index (κ3) is 4.60. The van der Waals surface area contributed by atoms with E-state index in [-0.39, 0.29) is 30.7 Å². The molecule has 6 nitrogen and oxygen atoms in total. The number of nitrogens with zero attached hydrogens (tertiary/aromatic N) is 3. The zero-order valence-corrected chi connectivity index (χ0v) is 20.0. The van der Waals surface area contributed by atoms with Crippen LogP contribution in [0.5, 0.6) is 5.75 Å². The predicted octanol–water partition coefficient (Wildman–Crippen LogP) is 4.63. The average Bonchev–Trinajstić information content (AvgIpc) is 3.14. The predicted molar refractivity (Wildman–Crippen MR) is 131 cm³/mol. The van der Waals surface area contributed by atoms with Crippen molar-refractivity contribution in [1.82, 2.24) is 4.90 Å². The molecule has 178 valence electrons. The van der Waals surface area contributed by atoms with Crippen LogP contribution in [0.15, 0.2) is 42.5 Å². The number of piperidine rings is 2. The summed E-state index contributed by atoms with van der Waals surface area (Å²) < 4.78 is 6.20. The fourth-order valence-electron chi connectivity index (χ4n) is 5.74. The molecule has 5 rings (SSSR count). The molecule has 0 radical (unpaired) electrons. The summed E-state index contributed by atoms with van der Waals surface area (Å²) in [5.74, 6) is 1.19. The van der Waals surface area contributed by atoms with Crippen LogP contribution in [0.4, 0.5) is 5.69 Å². The van der Waals surface area contributed by atoms with Gasteiger partial charge in [0.2, 0.25) is 0 Å². The van der Waals surface area contributed by atoms with Crippen LogP contribution in [0, 0.1) is 17.2 Å². The molecule has 2 atom stereocenters. The Hall–Kier alpha value is -2.75. The van der Waals surface area contributed by atoms with Gasteiger partial charge in [-0.1, -0.05) is 11.6 Å². The molecule has 34 heavy (non-hydrogen) atoms. The fourth-order valence-corrected chi connectivity index (χ4v) is 5.96. The van der Waals surface area contributed by atoms with Gasteiger partial charge in [-0.15, -0.1) is 0 Å². The van der Waals surface area contributed by atoms with Crippen molar-refractivity contribution in [2.45, 2.75) is 56.7 Å². The number of aliphatic hydroxyl groups excluding tert-OH is 1. The van der Waals surface area contributed by atoms with E-state index in [0.29, 0.717) is 22.3 Å². The molecule has 2 bridgehead atoms. The molecule has 3 heterocycles. The van der Waals surface area contributed by atoms with E-state index in [1.54, 1.807) is 18.2 Å². The first-order valence-electron chi connectivity index (χ1n) is 12.2. The van der Waals surface area contributed by atoms with Crippen LogP contribution in [0.25, 0.3) is 0 Å². The van der Waals surface area contributed by atoms with E-state index in [2.05, 4.69) is 28.0 Å². The van der Waals surface area contributed by atoms with Crippen LogP contribution < -0.4 is 9.64 Å². The lowest BCUT2D eigenvalue weighted by Crippen LogP contribution is -2.49. The lowest BCUT2D eigenvalue weighted by molar-refractivity contribution is 0.0359.